The van der Waals surface area contributed by atoms with Gasteiger partial charge in [-0.05, 0) is 38.0 Å². The molecule has 2 heterocycles. The monoisotopic (exact) mass is 325 g/mol. The Morgan fingerprint density at radius 2 is 2.04 bits per heavy atom. The van der Waals surface area contributed by atoms with Crippen molar-refractivity contribution >= 4 is 11.0 Å². The van der Waals surface area contributed by atoms with Crippen LogP contribution in [0.3, 0.4) is 0 Å². The lowest BCUT2D eigenvalue weighted by molar-refractivity contribution is 0.204. The SMILES string of the molecule is Cc1ccc2c(CN(Cc3cnn(C)c3)C(C)C)cc(=O)oc2c1. The molecule has 3 aromatic rings. The van der Waals surface area contributed by atoms with Crippen LogP contribution in [0.4, 0.5) is 0 Å². The van der Waals surface area contributed by atoms with Gasteiger partial charge in [-0.2, -0.15) is 5.10 Å². The highest BCUT2D eigenvalue weighted by Gasteiger charge is 2.15. The van der Waals surface area contributed by atoms with E-state index in [0.29, 0.717) is 18.2 Å². The van der Waals surface area contributed by atoms with Gasteiger partial charge in [0.2, 0.25) is 0 Å². The lowest BCUT2D eigenvalue weighted by Gasteiger charge is -2.26. The minimum absolute atomic E-state index is 0.298. The van der Waals surface area contributed by atoms with Crippen LogP contribution in [-0.4, -0.2) is 20.7 Å². The van der Waals surface area contributed by atoms with Crippen molar-refractivity contribution in [2.45, 2.75) is 39.9 Å². The lowest BCUT2D eigenvalue weighted by Crippen LogP contribution is -2.30. The van der Waals surface area contributed by atoms with E-state index < -0.39 is 0 Å². The summed E-state index contributed by atoms with van der Waals surface area (Å²) in [5.74, 6) is 0. The molecule has 2 aromatic heterocycles. The van der Waals surface area contributed by atoms with Crippen LogP contribution in [0.1, 0.15) is 30.5 Å². The summed E-state index contributed by atoms with van der Waals surface area (Å²) >= 11 is 0. The van der Waals surface area contributed by atoms with E-state index in [9.17, 15) is 4.79 Å². The second kappa shape index (κ2) is 6.61. The van der Waals surface area contributed by atoms with Crippen molar-refractivity contribution in [2.24, 2.45) is 7.05 Å². The van der Waals surface area contributed by atoms with Crippen LogP contribution in [0, 0.1) is 6.92 Å². The molecule has 0 N–H and O–H groups in total. The first-order valence-electron chi connectivity index (χ1n) is 8.17. The van der Waals surface area contributed by atoms with Crippen molar-refractivity contribution in [2.75, 3.05) is 0 Å². The predicted octanol–water partition coefficient (Wildman–Crippen LogP) is 3.25. The van der Waals surface area contributed by atoms with Crippen LogP contribution in [0.5, 0.6) is 0 Å². The number of benzene rings is 1. The van der Waals surface area contributed by atoms with E-state index in [-0.39, 0.29) is 5.63 Å². The highest BCUT2D eigenvalue weighted by Crippen LogP contribution is 2.21. The topological polar surface area (TPSA) is 51.3 Å². The van der Waals surface area contributed by atoms with Crippen LogP contribution in [0.15, 0.2) is 45.9 Å². The number of nitrogens with zero attached hydrogens (tertiary/aromatic N) is 3. The number of hydrogen-bond donors (Lipinski definition) is 0. The molecule has 0 spiro atoms. The maximum Gasteiger partial charge on any atom is 0.336 e. The van der Waals surface area contributed by atoms with Gasteiger partial charge in [-0.1, -0.05) is 12.1 Å². The Bertz CT molecular complexity index is 908. The van der Waals surface area contributed by atoms with Gasteiger partial charge in [-0.25, -0.2) is 4.79 Å². The Morgan fingerprint density at radius 3 is 2.71 bits per heavy atom. The maximum atomic E-state index is 11.9. The van der Waals surface area contributed by atoms with Gasteiger partial charge in [-0.15, -0.1) is 0 Å². The summed E-state index contributed by atoms with van der Waals surface area (Å²) in [6.45, 7) is 7.80. The molecule has 0 aliphatic heterocycles. The fourth-order valence-corrected chi connectivity index (χ4v) is 2.90. The van der Waals surface area contributed by atoms with Crippen LogP contribution in [0.2, 0.25) is 0 Å². The highest BCUT2D eigenvalue weighted by molar-refractivity contribution is 5.80. The van der Waals surface area contributed by atoms with Crippen molar-refractivity contribution in [3.05, 3.63) is 63.8 Å². The quantitative estimate of drug-likeness (QED) is 0.676. The van der Waals surface area contributed by atoms with Crippen molar-refractivity contribution in [1.29, 1.82) is 0 Å². The molecule has 0 unspecified atom stereocenters. The summed E-state index contributed by atoms with van der Waals surface area (Å²) in [4.78, 5) is 14.3. The number of hydrogen-bond acceptors (Lipinski definition) is 4. The smallest absolute Gasteiger partial charge is 0.336 e. The van der Waals surface area contributed by atoms with Gasteiger partial charge < -0.3 is 4.42 Å². The summed E-state index contributed by atoms with van der Waals surface area (Å²) in [5.41, 5.74) is 3.60. The van der Waals surface area contributed by atoms with Crippen molar-refractivity contribution in [1.82, 2.24) is 14.7 Å². The Hall–Kier alpha value is -2.40. The Balaban J connectivity index is 1.95. The predicted molar refractivity (Wildman–Crippen MR) is 94.8 cm³/mol. The molecule has 0 bridgehead atoms. The summed E-state index contributed by atoms with van der Waals surface area (Å²) in [5, 5.41) is 5.23. The molecule has 0 saturated heterocycles. The Kier molecular flexibility index (Phi) is 4.53. The average Bonchev–Trinajstić information content (AvgIpc) is 2.91. The van der Waals surface area contributed by atoms with Gasteiger partial charge >= 0.3 is 5.63 Å². The number of rotatable bonds is 5. The first kappa shape index (κ1) is 16.5. The zero-order chi connectivity index (χ0) is 17.3. The van der Waals surface area contributed by atoms with E-state index in [1.165, 1.54) is 0 Å². The first-order valence-corrected chi connectivity index (χ1v) is 8.17. The van der Waals surface area contributed by atoms with E-state index in [1.54, 1.807) is 6.07 Å². The normalized spacial score (nSPS) is 11.8. The number of aryl methyl sites for hydroxylation is 2. The molecule has 0 aliphatic carbocycles. The Labute approximate surface area is 141 Å². The minimum Gasteiger partial charge on any atom is -0.423 e. The van der Waals surface area contributed by atoms with Gasteiger partial charge in [0.25, 0.3) is 0 Å². The third-order valence-corrected chi connectivity index (χ3v) is 4.23. The van der Waals surface area contributed by atoms with E-state index in [4.69, 9.17) is 4.42 Å². The largest absolute Gasteiger partial charge is 0.423 e. The molecular formula is C19H23N3O2. The fraction of sp³-hybridized carbons (Fsp3) is 0.368. The number of aromatic nitrogens is 2. The molecule has 0 radical (unpaired) electrons. The summed E-state index contributed by atoms with van der Waals surface area (Å²) in [7, 11) is 1.92. The summed E-state index contributed by atoms with van der Waals surface area (Å²) in [6.07, 6.45) is 3.91. The van der Waals surface area contributed by atoms with Crippen LogP contribution in [-0.2, 0) is 20.1 Å². The van der Waals surface area contributed by atoms with E-state index in [1.807, 2.05) is 49.2 Å². The molecule has 3 rings (SSSR count). The van der Waals surface area contributed by atoms with Gasteiger partial charge in [0, 0.05) is 49.4 Å². The van der Waals surface area contributed by atoms with Crippen LogP contribution < -0.4 is 5.63 Å². The zero-order valence-corrected chi connectivity index (χ0v) is 14.6. The van der Waals surface area contributed by atoms with Gasteiger partial charge in [0.15, 0.2) is 0 Å². The van der Waals surface area contributed by atoms with Crippen LogP contribution >= 0.6 is 0 Å². The molecular weight excluding hydrogens is 302 g/mol. The molecule has 0 fully saturated rings. The lowest BCUT2D eigenvalue weighted by atomic mass is 10.1. The molecule has 0 amide bonds. The van der Waals surface area contributed by atoms with E-state index in [0.717, 1.165) is 28.6 Å². The van der Waals surface area contributed by atoms with Crippen LogP contribution in [0.25, 0.3) is 11.0 Å². The first-order chi connectivity index (χ1) is 11.4. The average molecular weight is 325 g/mol. The van der Waals surface area contributed by atoms with E-state index in [2.05, 4.69) is 23.8 Å². The zero-order valence-electron chi connectivity index (χ0n) is 14.6. The summed E-state index contributed by atoms with van der Waals surface area (Å²) in [6, 6.07) is 7.95. The Morgan fingerprint density at radius 1 is 1.25 bits per heavy atom. The molecule has 5 nitrogen and oxygen atoms in total. The second-order valence-corrected chi connectivity index (χ2v) is 6.61. The molecule has 5 heteroatoms. The molecule has 24 heavy (non-hydrogen) atoms. The van der Waals surface area contributed by atoms with Gasteiger partial charge in [-0.3, -0.25) is 9.58 Å². The van der Waals surface area contributed by atoms with Crippen molar-refractivity contribution < 1.29 is 4.42 Å². The van der Waals surface area contributed by atoms with Gasteiger partial charge in [0.05, 0.1) is 6.20 Å². The molecule has 1 aromatic carbocycles. The van der Waals surface area contributed by atoms with Gasteiger partial charge in [0.1, 0.15) is 5.58 Å². The molecule has 0 aliphatic rings. The minimum atomic E-state index is -0.298. The maximum absolute atomic E-state index is 11.9. The van der Waals surface area contributed by atoms with Crippen molar-refractivity contribution in [3.63, 3.8) is 0 Å². The standard InChI is InChI=1S/C19H23N3O2/c1-13(2)22(11-15-9-20-21(4)10-15)12-16-8-19(23)24-18-7-14(3)5-6-17(16)18/h5-10,13H,11-12H2,1-4H3. The van der Waals surface area contributed by atoms with E-state index >= 15 is 0 Å². The number of fused-ring (bicyclic) bond motifs is 1. The molecule has 0 saturated carbocycles. The third kappa shape index (κ3) is 3.57. The third-order valence-electron chi connectivity index (χ3n) is 4.23. The molecule has 126 valence electrons. The second-order valence-electron chi connectivity index (χ2n) is 6.61. The molecule has 0 atom stereocenters. The fourth-order valence-electron chi connectivity index (χ4n) is 2.90. The summed E-state index contributed by atoms with van der Waals surface area (Å²) < 4.78 is 7.17. The highest BCUT2D eigenvalue weighted by atomic mass is 16.4. The van der Waals surface area contributed by atoms with Crippen molar-refractivity contribution in [3.8, 4) is 0 Å².